The summed E-state index contributed by atoms with van der Waals surface area (Å²) in [7, 11) is 0. The zero-order chi connectivity index (χ0) is 3.58. The van der Waals surface area contributed by atoms with Gasteiger partial charge in [0.25, 0.3) is 0 Å². The third-order valence-corrected chi connectivity index (χ3v) is 0. The standard InChI is InChI=1S/Hf.H2O3Te/c;1-4(2)3/h;(H2,1,2,3). The molecular formula is H2HfO3Te. The smallest absolute Gasteiger partial charge is 0 e. The van der Waals surface area contributed by atoms with E-state index in [1.54, 1.807) is 0 Å². The Hall–Kier alpha value is 1.38. The van der Waals surface area contributed by atoms with E-state index in [1.807, 2.05) is 0 Å². The fourth-order valence-electron chi connectivity index (χ4n) is 0. The van der Waals surface area contributed by atoms with Crippen molar-refractivity contribution in [3.05, 3.63) is 0 Å². The van der Waals surface area contributed by atoms with Crippen molar-refractivity contribution in [1.29, 1.82) is 0 Å². The first-order valence-electron chi connectivity index (χ1n) is 0.532. The molecule has 0 aromatic rings. The van der Waals surface area contributed by atoms with Crippen molar-refractivity contribution in [2.75, 3.05) is 0 Å². The molecule has 30 valence electrons. The van der Waals surface area contributed by atoms with Crippen molar-refractivity contribution in [1.82, 2.24) is 0 Å². The van der Waals surface area contributed by atoms with Gasteiger partial charge in [0.1, 0.15) is 0 Å². The molecule has 0 aliphatic rings. The maximum Gasteiger partial charge on any atom is 0 e. The zero-order valence-corrected chi connectivity index (χ0v) is 8.13. The molecular weight excluding hydrogens is 354 g/mol. The van der Waals surface area contributed by atoms with Crippen LogP contribution in [0, 0.1) is 0 Å². The van der Waals surface area contributed by atoms with Crippen molar-refractivity contribution in [2.24, 2.45) is 0 Å². The molecule has 5 heteroatoms. The molecule has 3 nitrogen and oxygen atoms in total. The second kappa shape index (κ2) is 5.38. The summed E-state index contributed by atoms with van der Waals surface area (Å²) in [6.45, 7) is 0. The molecule has 0 spiro atoms. The molecule has 0 aromatic heterocycles. The van der Waals surface area contributed by atoms with Crippen molar-refractivity contribution in [3.63, 3.8) is 0 Å². The van der Waals surface area contributed by atoms with E-state index in [0.717, 1.165) is 0 Å². The van der Waals surface area contributed by atoms with Crippen LogP contribution in [-0.2, 0) is 28.9 Å². The summed E-state index contributed by atoms with van der Waals surface area (Å²) in [5.41, 5.74) is 0. The van der Waals surface area contributed by atoms with E-state index >= 15 is 0 Å². The molecule has 0 saturated heterocycles. The molecule has 2 N–H and O–H groups in total. The van der Waals surface area contributed by atoms with Gasteiger partial charge >= 0.3 is 30.4 Å². The van der Waals surface area contributed by atoms with E-state index in [4.69, 9.17) is 10.0 Å². The molecule has 0 bridgehead atoms. The Balaban J connectivity index is 0. The van der Waals surface area contributed by atoms with Crippen LogP contribution in [0.4, 0.5) is 0 Å². The molecule has 0 aromatic carbocycles. The molecule has 0 aliphatic carbocycles. The molecule has 0 fully saturated rings. The van der Waals surface area contributed by atoms with Crippen molar-refractivity contribution < 1.29 is 35.9 Å². The average Bonchev–Trinajstić information content (AvgIpc) is 0.811. The fraction of sp³-hybridized carbons (Fsp3) is 0. The second-order valence-corrected chi connectivity index (χ2v) is 1.55. The summed E-state index contributed by atoms with van der Waals surface area (Å²) >= 11 is -3.61. The van der Waals surface area contributed by atoms with E-state index in [9.17, 15) is 0 Å². The van der Waals surface area contributed by atoms with Gasteiger partial charge in [0.05, 0.1) is 0 Å². The van der Waals surface area contributed by atoms with Gasteiger partial charge in [-0.25, -0.2) is 0 Å². The monoisotopic (exact) mass is 360 g/mol. The first-order chi connectivity index (χ1) is 1.73. The van der Waals surface area contributed by atoms with Gasteiger partial charge in [-0.3, -0.25) is 0 Å². The van der Waals surface area contributed by atoms with E-state index < -0.39 is 20.4 Å². The minimum absolute atomic E-state index is 0. The number of hydrogen-bond acceptors (Lipinski definition) is 1. The van der Waals surface area contributed by atoms with Crippen LogP contribution >= 0.6 is 0 Å². The average molecular weight is 356 g/mol. The van der Waals surface area contributed by atoms with Crippen LogP contribution in [0.2, 0.25) is 0 Å². The summed E-state index contributed by atoms with van der Waals surface area (Å²) in [5.74, 6) is 0. The van der Waals surface area contributed by atoms with Crippen LogP contribution in [0.1, 0.15) is 0 Å². The summed E-state index contributed by atoms with van der Waals surface area (Å²) in [6.07, 6.45) is 0. The molecule has 0 radical (unpaired) electrons. The van der Waals surface area contributed by atoms with E-state index in [2.05, 4.69) is 0 Å². The summed E-state index contributed by atoms with van der Waals surface area (Å²) in [6, 6.07) is 0. The summed E-state index contributed by atoms with van der Waals surface area (Å²) < 4.78 is 23.3. The van der Waals surface area contributed by atoms with E-state index in [-0.39, 0.29) is 25.8 Å². The predicted molar refractivity (Wildman–Crippen MR) is 10.9 cm³/mol. The van der Waals surface area contributed by atoms with Crippen molar-refractivity contribution in [2.45, 2.75) is 0 Å². The van der Waals surface area contributed by atoms with Gasteiger partial charge in [-0.05, 0) is 0 Å². The molecule has 0 heterocycles. The SMILES string of the molecule is O=[Te](O)O.[Hf]. The Bertz CT molecular complexity index is 29.9. The first-order valence-corrected chi connectivity index (χ1v) is 3.57. The minimum atomic E-state index is -3.61. The van der Waals surface area contributed by atoms with Crippen molar-refractivity contribution in [3.8, 4) is 0 Å². The topological polar surface area (TPSA) is 57.5 Å². The van der Waals surface area contributed by atoms with Gasteiger partial charge in [-0.2, -0.15) is 0 Å². The maximum atomic E-state index is 8.81. The Morgan fingerprint density at radius 3 is 1.40 bits per heavy atom. The van der Waals surface area contributed by atoms with Crippen LogP contribution in [0.15, 0.2) is 0 Å². The fourth-order valence-corrected chi connectivity index (χ4v) is 0. The van der Waals surface area contributed by atoms with E-state index in [1.165, 1.54) is 0 Å². The van der Waals surface area contributed by atoms with Crippen LogP contribution in [0.5, 0.6) is 0 Å². The van der Waals surface area contributed by atoms with Crippen molar-refractivity contribution >= 4 is 20.4 Å². The second-order valence-electron chi connectivity index (χ2n) is 0.231. The van der Waals surface area contributed by atoms with Gasteiger partial charge in [-0.15, -0.1) is 0 Å². The normalized spacial score (nSPS) is 7.00. The number of rotatable bonds is 0. The van der Waals surface area contributed by atoms with Crippen LogP contribution in [0.25, 0.3) is 0 Å². The van der Waals surface area contributed by atoms with Gasteiger partial charge in [0.2, 0.25) is 0 Å². The molecule has 0 atom stereocenters. The predicted octanol–water partition coefficient (Wildman–Crippen LogP) is -1.62. The van der Waals surface area contributed by atoms with Crippen LogP contribution < -0.4 is 0 Å². The third kappa shape index (κ3) is 32.3. The Morgan fingerprint density at radius 2 is 1.40 bits per heavy atom. The summed E-state index contributed by atoms with van der Waals surface area (Å²) in [5, 5.41) is 0. The molecule has 0 aliphatic heterocycles. The third-order valence-electron chi connectivity index (χ3n) is 0. The largest absolute Gasteiger partial charge is 0 e. The van der Waals surface area contributed by atoms with Gasteiger partial charge in [-0.1, -0.05) is 0 Å². The molecule has 0 unspecified atom stereocenters. The Labute approximate surface area is 55.9 Å². The Kier molecular flexibility index (Phi) is 10.4. The van der Waals surface area contributed by atoms with Gasteiger partial charge in [0, 0.05) is 25.8 Å². The van der Waals surface area contributed by atoms with E-state index in [0.29, 0.717) is 0 Å². The Morgan fingerprint density at radius 1 is 1.40 bits per heavy atom. The minimum Gasteiger partial charge on any atom is 0 e. The number of hydrogen-bond donors (Lipinski definition) is 2. The molecule has 0 rings (SSSR count). The summed E-state index contributed by atoms with van der Waals surface area (Å²) in [4.78, 5) is 0. The molecule has 5 heavy (non-hydrogen) atoms. The molecule has 0 amide bonds. The van der Waals surface area contributed by atoms with Gasteiger partial charge in [0.15, 0.2) is 0 Å². The van der Waals surface area contributed by atoms with Crippen LogP contribution in [-0.4, -0.2) is 27.3 Å². The van der Waals surface area contributed by atoms with Crippen LogP contribution in [0.3, 0.4) is 0 Å². The zero-order valence-electron chi connectivity index (χ0n) is 2.21. The van der Waals surface area contributed by atoms with Gasteiger partial charge < -0.3 is 0 Å². The first kappa shape index (κ1) is 9.63. The maximum absolute atomic E-state index is 8.81. The molecule has 0 saturated carbocycles. The quantitative estimate of drug-likeness (QED) is 0.514.